The third kappa shape index (κ3) is 1.72. The summed E-state index contributed by atoms with van der Waals surface area (Å²) in [5.41, 5.74) is 8.47. The van der Waals surface area contributed by atoms with Gasteiger partial charge in [0.25, 0.3) is 0 Å². The van der Waals surface area contributed by atoms with Crippen LogP contribution in [0.3, 0.4) is 0 Å². The maximum Gasteiger partial charge on any atom is 0.0438 e. The maximum atomic E-state index is 6.11. The topological polar surface area (TPSA) is 26.0 Å². The van der Waals surface area contributed by atoms with Gasteiger partial charge in [-0.25, -0.2) is 0 Å². The Labute approximate surface area is 83.9 Å². The van der Waals surface area contributed by atoms with E-state index < -0.39 is 0 Å². The van der Waals surface area contributed by atoms with Crippen LogP contribution in [-0.4, -0.2) is 0 Å². The third-order valence-electron chi connectivity index (χ3n) is 2.80. The van der Waals surface area contributed by atoms with Crippen molar-refractivity contribution in [3.63, 3.8) is 0 Å². The standard InChI is InChI=1S/C11H14ClN/c1-7-9(3-2-4-10(7)12)11(13)8-5-6-8/h2-4,8,11H,5-6,13H2,1H3/t11-/m1/s1. The lowest BCUT2D eigenvalue weighted by molar-refractivity contribution is 0.630. The molecule has 0 radical (unpaired) electrons. The fraction of sp³-hybridized carbons (Fsp3) is 0.455. The van der Waals surface area contributed by atoms with Crippen molar-refractivity contribution in [1.82, 2.24) is 0 Å². The van der Waals surface area contributed by atoms with Crippen molar-refractivity contribution in [1.29, 1.82) is 0 Å². The van der Waals surface area contributed by atoms with Crippen LogP contribution in [0.25, 0.3) is 0 Å². The summed E-state index contributed by atoms with van der Waals surface area (Å²) in [5, 5.41) is 0.827. The van der Waals surface area contributed by atoms with Crippen LogP contribution in [0.2, 0.25) is 5.02 Å². The van der Waals surface area contributed by atoms with Gasteiger partial charge in [0.1, 0.15) is 0 Å². The molecule has 2 N–H and O–H groups in total. The van der Waals surface area contributed by atoms with Gasteiger partial charge < -0.3 is 5.73 Å². The van der Waals surface area contributed by atoms with Gasteiger partial charge in [0.15, 0.2) is 0 Å². The van der Waals surface area contributed by atoms with Crippen molar-refractivity contribution in [2.45, 2.75) is 25.8 Å². The lowest BCUT2D eigenvalue weighted by Gasteiger charge is -2.14. The summed E-state index contributed by atoms with van der Waals surface area (Å²) in [6, 6.07) is 6.18. The quantitative estimate of drug-likeness (QED) is 0.772. The van der Waals surface area contributed by atoms with E-state index in [0.29, 0.717) is 5.92 Å². The molecule has 1 aromatic carbocycles. The SMILES string of the molecule is Cc1c(Cl)cccc1[C@H](N)C1CC1. The van der Waals surface area contributed by atoms with Gasteiger partial charge in [0.2, 0.25) is 0 Å². The summed E-state index contributed by atoms with van der Waals surface area (Å²) in [6.07, 6.45) is 2.54. The van der Waals surface area contributed by atoms with Crippen LogP contribution in [0, 0.1) is 12.8 Å². The molecule has 0 spiro atoms. The monoisotopic (exact) mass is 195 g/mol. The molecular formula is C11H14ClN. The second-order valence-corrected chi connectivity index (χ2v) is 4.22. The first-order valence-corrected chi connectivity index (χ1v) is 5.08. The zero-order valence-electron chi connectivity index (χ0n) is 7.76. The predicted molar refractivity (Wildman–Crippen MR) is 55.8 cm³/mol. The number of hydrogen-bond donors (Lipinski definition) is 1. The van der Waals surface area contributed by atoms with Crippen molar-refractivity contribution >= 4 is 11.6 Å². The second-order valence-electron chi connectivity index (χ2n) is 3.82. The molecule has 0 saturated heterocycles. The molecule has 1 aliphatic rings. The van der Waals surface area contributed by atoms with Crippen LogP contribution in [0.4, 0.5) is 0 Å². The maximum absolute atomic E-state index is 6.11. The van der Waals surface area contributed by atoms with E-state index in [-0.39, 0.29) is 6.04 Å². The van der Waals surface area contributed by atoms with Crippen molar-refractivity contribution in [2.75, 3.05) is 0 Å². The van der Waals surface area contributed by atoms with Crippen molar-refractivity contribution in [2.24, 2.45) is 11.7 Å². The highest BCUT2D eigenvalue weighted by molar-refractivity contribution is 6.31. The molecule has 0 heterocycles. The minimum Gasteiger partial charge on any atom is -0.324 e. The minimum atomic E-state index is 0.193. The minimum absolute atomic E-state index is 0.193. The van der Waals surface area contributed by atoms with Gasteiger partial charge in [-0.05, 0) is 42.9 Å². The average molecular weight is 196 g/mol. The van der Waals surface area contributed by atoms with Gasteiger partial charge in [-0.2, -0.15) is 0 Å². The molecule has 13 heavy (non-hydrogen) atoms. The Morgan fingerprint density at radius 2 is 2.15 bits per heavy atom. The number of benzene rings is 1. The first-order valence-electron chi connectivity index (χ1n) is 4.70. The van der Waals surface area contributed by atoms with Crippen LogP contribution in [0.1, 0.15) is 30.0 Å². The summed E-state index contributed by atoms with van der Waals surface area (Å²) in [6.45, 7) is 2.04. The van der Waals surface area contributed by atoms with E-state index in [1.807, 2.05) is 19.1 Å². The highest BCUT2D eigenvalue weighted by atomic mass is 35.5. The molecule has 2 heteroatoms. The molecule has 0 amide bonds. The van der Waals surface area contributed by atoms with Crippen molar-refractivity contribution < 1.29 is 0 Å². The molecule has 1 atom stereocenters. The Bertz CT molecular complexity index is 318. The molecule has 1 fully saturated rings. The lowest BCUT2D eigenvalue weighted by Crippen LogP contribution is -2.13. The average Bonchev–Trinajstić information content (AvgIpc) is 2.91. The zero-order chi connectivity index (χ0) is 9.42. The van der Waals surface area contributed by atoms with E-state index >= 15 is 0 Å². The Morgan fingerprint density at radius 3 is 2.77 bits per heavy atom. The fourth-order valence-electron chi connectivity index (χ4n) is 1.69. The predicted octanol–water partition coefficient (Wildman–Crippen LogP) is 3.06. The Balaban J connectivity index is 2.32. The van der Waals surface area contributed by atoms with E-state index in [2.05, 4.69) is 6.07 Å². The summed E-state index contributed by atoms with van der Waals surface area (Å²) < 4.78 is 0. The summed E-state index contributed by atoms with van der Waals surface area (Å²) >= 11 is 6.03. The normalized spacial score (nSPS) is 18.7. The van der Waals surface area contributed by atoms with E-state index in [1.165, 1.54) is 18.4 Å². The largest absolute Gasteiger partial charge is 0.324 e. The molecule has 1 aromatic rings. The fourth-order valence-corrected chi connectivity index (χ4v) is 1.88. The van der Waals surface area contributed by atoms with Crippen LogP contribution < -0.4 is 5.73 Å². The summed E-state index contributed by atoms with van der Waals surface area (Å²) in [7, 11) is 0. The third-order valence-corrected chi connectivity index (χ3v) is 3.21. The van der Waals surface area contributed by atoms with Gasteiger partial charge in [0, 0.05) is 11.1 Å². The number of rotatable bonds is 2. The van der Waals surface area contributed by atoms with Gasteiger partial charge in [-0.1, -0.05) is 23.7 Å². The Kier molecular flexibility index (Phi) is 2.31. The molecule has 70 valence electrons. The van der Waals surface area contributed by atoms with E-state index in [4.69, 9.17) is 17.3 Å². The first kappa shape index (κ1) is 9.04. The van der Waals surface area contributed by atoms with Crippen LogP contribution in [0.15, 0.2) is 18.2 Å². The Morgan fingerprint density at radius 1 is 1.46 bits per heavy atom. The van der Waals surface area contributed by atoms with Crippen LogP contribution in [0.5, 0.6) is 0 Å². The Hall–Kier alpha value is -0.530. The van der Waals surface area contributed by atoms with Gasteiger partial charge in [0.05, 0.1) is 0 Å². The summed E-state index contributed by atoms with van der Waals surface area (Å²) in [5.74, 6) is 0.692. The molecule has 2 rings (SSSR count). The lowest BCUT2D eigenvalue weighted by atomic mass is 9.98. The molecule has 0 bridgehead atoms. The number of nitrogens with two attached hydrogens (primary N) is 1. The van der Waals surface area contributed by atoms with Crippen LogP contribution >= 0.6 is 11.6 Å². The summed E-state index contributed by atoms with van der Waals surface area (Å²) in [4.78, 5) is 0. The number of halogens is 1. The second kappa shape index (κ2) is 3.32. The highest BCUT2D eigenvalue weighted by Crippen LogP contribution is 2.40. The molecule has 0 aromatic heterocycles. The van der Waals surface area contributed by atoms with E-state index in [9.17, 15) is 0 Å². The van der Waals surface area contributed by atoms with Crippen molar-refractivity contribution in [3.05, 3.63) is 34.3 Å². The van der Waals surface area contributed by atoms with Gasteiger partial charge in [-0.15, -0.1) is 0 Å². The molecule has 1 saturated carbocycles. The smallest absolute Gasteiger partial charge is 0.0438 e. The number of hydrogen-bond acceptors (Lipinski definition) is 1. The zero-order valence-corrected chi connectivity index (χ0v) is 8.51. The molecule has 1 nitrogen and oxygen atoms in total. The van der Waals surface area contributed by atoms with Crippen molar-refractivity contribution in [3.8, 4) is 0 Å². The molecular weight excluding hydrogens is 182 g/mol. The van der Waals surface area contributed by atoms with Gasteiger partial charge in [-0.3, -0.25) is 0 Å². The first-order chi connectivity index (χ1) is 6.20. The van der Waals surface area contributed by atoms with E-state index in [1.54, 1.807) is 0 Å². The van der Waals surface area contributed by atoms with Gasteiger partial charge >= 0.3 is 0 Å². The highest BCUT2D eigenvalue weighted by Gasteiger charge is 2.30. The van der Waals surface area contributed by atoms with E-state index in [0.717, 1.165) is 10.6 Å². The molecule has 0 unspecified atom stereocenters. The molecule has 1 aliphatic carbocycles. The molecule has 0 aliphatic heterocycles. The van der Waals surface area contributed by atoms with Crippen LogP contribution in [-0.2, 0) is 0 Å².